The summed E-state index contributed by atoms with van der Waals surface area (Å²) >= 11 is 0. The molecular weight excluding hydrogens is 128 g/mol. The second-order valence-electron chi connectivity index (χ2n) is 2.39. The van der Waals surface area contributed by atoms with Gasteiger partial charge in [0.25, 0.3) is 0 Å². The molecule has 0 N–H and O–H groups in total. The summed E-state index contributed by atoms with van der Waals surface area (Å²) in [6.45, 7) is 2.37. The maximum Gasteiger partial charge on any atom is 0.305 e. The average Bonchev–Trinajstić information content (AvgIpc) is 2.71. The molecule has 0 saturated carbocycles. The van der Waals surface area contributed by atoms with Crippen molar-refractivity contribution in [2.24, 2.45) is 0 Å². The highest BCUT2D eigenvalue weighted by Crippen LogP contribution is 2.21. The Bertz CT molecular complexity index is 159. The summed E-state index contributed by atoms with van der Waals surface area (Å²) in [5.74, 6) is -0.0961. The summed E-state index contributed by atoms with van der Waals surface area (Å²) in [6, 6.07) is 0. The largest absolute Gasteiger partial charge is 0.465 e. The number of ether oxygens (including phenoxy) is 1. The van der Waals surface area contributed by atoms with Gasteiger partial charge in [0, 0.05) is 12.8 Å². The molecular formula is C8H12O2. The van der Waals surface area contributed by atoms with E-state index in [1.165, 1.54) is 5.57 Å². The lowest BCUT2D eigenvalue weighted by molar-refractivity contribution is -0.143. The van der Waals surface area contributed by atoms with Gasteiger partial charge in [-0.15, -0.1) is 0 Å². The van der Waals surface area contributed by atoms with Crippen molar-refractivity contribution in [2.45, 2.75) is 26.2 Å². The van der Waals surface area contributed by atoms with Crippen molar-refractivity contribution in [3.63, 3.8) is 0 Å². The molecule has 0 aromatic heterocycles. The lowest BCUT2D eigenvalue weighted by Gasteiger charge is -1.98. The van der Waals surface area contributed by atoms with E-state index in [4.69, 9.17) is 4.74 Å². The van der Waals surface area contributed by atoms with Crippen molar-refractivity contribution in [3.8, 4) is 0 Å². The van der Waals surface area contributed by atoms with Gasteiger partial charge in [-0.2, -0.15) is 0 Å². The summed E-state index contributed by atoms with van der Waals surface area (Å²) in [7, 11) is 0. The van der Waals surface area contributed by atoms with Crippen molar-refractivity contribution in [3.05, 3.63) is 11.6 Å². The van der Waals surface area contributed by atoms with Crippen LogP contribution in [0.4, 0.5) is 0 Å². The van der Waals surface area contributed by atoms with Crippen LogP contribution in [-0.2, 0) is 9.53 Å². The minimum Gasteiger partial charge on any atom is -0.465 e. The zero-order chi connectivity index (χ0) is 7.40. The Morgan fingerprint density at radius 3 is 3.00 bits per heavy atom. The van der Waals surface area contributed by atoms with Gasteiger partial charge in [-0.25, -0.2) is 0 Å². The quantitative estimate of drug-likeness (QED) is 0.438. The summed E-state index contributed by atoms with van der Waals surface area (Å²) in [5, 5.41) is 0. The summed E-state index contributed by atoms with van der Waals surface area (Å²) in [4.78, 5) is 10.6. The molecule has 0 heterocycles. The molecule has 0 atom stereocenters. The molecule has 0 spiro atoms. The van der Waals surface area contributed by atoms with Gasteiger partial charge < -0.3 is 4.74 Å². The third-order valence-electron chi connectivity index (χ3n) is 1.47. The maximum absolute atomic E-state index is 10.6. The Morgan fingerprint density at radius 2 is 2.50 bits per heavy atom. The number of carbonyl (C=O) groups excluding carboxylic acids is 1. The third-order valence-corrected chi connectivity index (χ3v) is 1.47. The van der Waals surface area contributed by atoms with Gasteiger partial charge in [0.15, 0.2) is 0 Å². The fraction of sp³-hybridized carbons (Fsp3) is 0.625. The zero-order valence-corrected chi connectivity index (χ0v) is 6.22. The number of hydrogen-bond donors (Lipinski definition) is 0. The Labute approximate surface area is 60.9 Å². The molecule has 0 aliphatic heterocycles. The molecule has 10 heavy (non-hydrogen) atoms. The minimum absolute atomic E-state index is 0.0961. The Kier molecular flexibility index (Phi) is 2.49. The molecule has 56 valence electrons. The summed E-state index contributed by atoms with van der Waals surface area (Å²) in [6.07, 6.45) is 4.70. The Balaban J connectivity index is 1.93. The van der Waals surface area contributed by atoms with Gasteiger partial charge in [-0.1, -0.05) is 18.6 Å². The lowest BCUT2D eigenvalue weighted by Crippen LogP contribution is -2.03. The van der Waals surface area contributed by atoms with Crippen LogP contribution < -0.4 is 0 Å². The molecule has 1 aliphatic carbocycles. The highest BCUT2D eigenvalue weighted by atomic mass is 16.5. The third kappa shape index (κ3) is 2.67. The molecule has 0 unspecified atom stereocenters. The smallest absolute Gasteiger partial charge is 0.305 e. The highest BCUT2D eigenvalue weighted by Gasteiger charge is 2.07. The van der Waals surface area contributed by atoms with Gasteiger partial charge in [0.05, 0.1) is 6.61 Å². The Morgan fingerprint density at radius 1 is 1.80 bits per heavy atom. The molecule has 0 aromatic carbocycles. The van der Waals surface area contributed by atoms with Gasteiger partial charge >= 0.3 is 5.97 Å². The van der Waals surface area contributed by atoms with Crippen LogP contribution in [0.25, 0.3) is 0 Å². The van der Waals surface area contributed by atoms with E-state index < -0.39 is 0 Å². The van der Waals surface area contributed by atoms with Gasteiger partial charge in [0.2, 0.25) is 0 Å². The molecule has 1 rings (SSSR count). The fourth-order valence-electron chi connectivity index (χ4n) is 0.674. The van der Waals surface area contributed by atoms with E-state index in [2.05, 4.69) is 6.08 Å². The number of rotatable bonds is 4. The van der Waals surface area contributed by atoms with Crippen LogP contribution >= 0.6 is 0 Å². The van der Waals surface area contributed by atoms with Crippen molar-refractivity contribution in [2.75, 3.05) is 6.61 Å². The first kappa shape index (κ1) is 7.32. The molecule has 0 bridgehead atoms. The molecule has 1 aliphatic rings. The van der Waals surface area contributed by atoms with Crippen LogP contribution in [0.5, 0.6) is 0 Å². The summed E-state index contributed by atoms with van der Waals surface area (Å²) < 4.78 is 4.86. The SMILES string of the molecule is CCC(=O)OCCC1=CC1. The molecule has 0 aromatic rings. The highest BCUT2D eigenvalue weighted by molar-refractivity contribution is 5.68. The normalized spacial score (nSPS) is 14.3. The van der Waals surface area contributed by atoms with Crippen molar-refractivity contribution < 1.29 is 9.53 Å². The first-order chi connectivity index (χ1) is 4.83. The predicted molar refractivity (Wildman–Crippen MR) is 38.6 cm³/mol. The van der Waals surface area contributed by atoms with Crippen LogP contribution in [0.15, 0.2) is 11.6 Å². The number of esters is 1. The second-order valence-corrected chi connectivity index (χ2v) is 2.39. The number of allylic oxidation sites excluding steroid dienone is 1. The molecule has 0 saturated heterocycles. The van der Waals surface area contributed by atoms with Crippen molar-refractivity contribution in [1.82, 2.24) is 0 Å². The summed E-state index contributed by atoms with van der Waals surface area (Å²) in [5.41, 5.74) is 1.42. The Hall–Kier alpha value is -0.790. The van der Waals surface area contributed by atoms with E-state index in [-0.39, 0.29) is 5.97 Å². The van der Waals surface area contributed by atoms with E-state index >= 15 is 0 Å². The van der Waals surface area contributed by atoms with Crippen LogP contribution in [0.1, 0.15) is 26.2 Å². The fourth-order valence-corrected chi connectivity index (χ4v) is 0.674. The van der Waals surface area contributed by atoms with Crippen LogP contribution in [0, 0.1) is 0 Å². The molecule has 0 amide bonds. The first-order valence-corrected chi connectivity index (χ1v) is 3.66. The van der Waals surface area contributed by atoms with Crippen molar-refractivity contribution in [1.29, 1.82) is 0 Å². The van der Waals surface area contributed by atoms with Crippen LogP contribution in [-0.4, -0.2) is 12.6 Å². The monoisotopic (exact) mass is 140 g/mol. The second kappa shape index (κ2) is 3.40. The minimum atomic E-state index is -0.0961. The lowest BCUT2D eigenvalue weighted by atomic mass is 10.4. The number of carbonyl (C=O) groups is 1. The van der Waals surface area contributed by atoms with E-state index in [9.17, 15) is 4.79 Å². The molecule has 0 fully saturated rings. The van der Waals surface area contributed by atoms with Gasteiger partial charge in [-0.3, -0.25) is 4.79 Å². The average molecular weight is 140 g/mol. The van der Waals surface area contributed by atoms with Gasteiger partial charge in [0.1, 0.15) is 0 Å². The molecule has 0 radical (unpaired) electrons. The standard InChI is InChI=1S/C8H12O2/c1-2-8(9)10-6-5-7-3-4-7/h3H,2,4-6H2,1H3. The number of hydrogen-bond acceptors (Lipinski definition) is 2. The van der Waals surface area contributed by atoms with E-state index in [1.54, 1.807) is 6.92 Å². The first-order valence-electron chi connectivity index (χ1n) is 3.66. The van der Waals surface area contributed by atoms with E-state index in [0.29, 0.717) is 13.0 Å². The van der Waals surface area contributed by atoms with E-state index in [1.807, 2.05) is 0 Å². The van der Waals surface area contributed by atoms with Gasteiger partial charge in [-0.05, 0) is 6.42 Å². The van der Waals surface area contributed by atoms with E-state index in [0.717, 1.165) is 12.8 Å². The van der Waals surface area contributed by atoms with Crippen LogP contribution in [0.3, 0.4) is 0 Å². The molecule has 2 nitrogen and oxygen atoms in total. The topological polar surface area (TPSA) is 26.3 Å². The predicted octanol–water partition coefficient (Wildman–Crippen LogP) is 1.66. The maximum atomic E-state index is 10.6. The van der Waals surface area contributed by atoms with Crippen LogP contribution in [0.2, 0.25) is 0 Å². The van der Waals surface area contributed by atoms with Crippen molar-refractivity contribution >= 4 is 5.97 Å². The molecule has 2 heteroatoms. The zero-order valence-electron chi connectivity index (χ0n) is 6.22.